The van der Waals surface area contributed by atoms with E-state index in [0.29, 0.717) is 11.6 Å². The Kier molecular flexibility index (Phi) is 4.37. The summed E-state index contributed by atoms with van der Waals surface area (Å²) < 4.78 is 13.7. The Labute approximate surface area is 112 Å². The van der Waals surface area contributed by atoms with Crippen molar-refractivity contribution in [1.82, 2.24) is 4.90 Å². The molecule has 1 aromatic carbocycles. The summed E-state index contributed by atoms with van der Waals surface area (Å²) in [5, 5.41) is 11.8. The van der Waals surface area contributed by atoms with Crippen molar-refractivity contribution in [3.05, 3.63) is 29.6 Å². The molecule has 0 unspecified atom stereocenters. The predicted molar refractivity (Wildman–Crippen MR) is 72.1 cm³/mol. The summed E-state index contributed by atoms with van der Waals surface area (Å²) >= 11 is 0. The first kappa shape index (κ1) is 13.8. The number of aromatic carboxylic acids is 1. The average Bonchev–Trinajstić information content (AvgIpc) is 2.39. The summed E-state index contributed by atoms with van der Waals surface area (Å²) in [6.07, 6.45) is 2.22. The second-order valence-electron chi connectivity index (χ2n) is 5.13. The summed E-state index contributed by atoms with van der Waals surface area (Å²) in [5.74, 6) is -1.07. The number of piperidine rings is 1. The fourth-order valence-corrected chi connectivity index (χ4v) is 2.31. The molecule has 1 aromatic rings. The molecule has 1 fully saturated rings. The molecule has 104 valence electrons. The molecule has 5 heteroatoms. The number of nitrogens with zero attached hydrogens (tertiary/aromatic N) is 1. The van der Waals surface area contributed by atoms with Crippen molar-refractivity contribution in [2.45, 2.75) is 12.8 Å². The number of rotatable bonds is 4. The standard InChI is InChI=1S/C14H19FN2O2/c1-17-6-4-10(5-7-17)9-16-13-3-2-11(14(18)19)8-12(13)15/h2-3,8,10,16H,4-7,9H2,1H3,(H,18,19). The number of anilines is 1. The number of nitrogens with one attached hydrogen (secondary N) is 1. The van der Waals surface area contributed by atoms with E-state index in [0.717, 1.165) is 38.5 Å². The molecule has 0 atom stereocenters. The van der Waals surface area contributed by atoms with E-state index >= 15 is 0 Å². The molecule has 1 aliphatic rings. The highest BCUT2D eigenvalue weighted by molar-refractivity contribution is 5.88. The number of carboxylic acid groups (broad SMARTS) is 1. The van der Waals surface area contributed by atoms with Crippen LogP contribution < -0.4 is 5.32 Å². The van der Waals surface area contributed by atoms with Gasteiger partial charge < -0.3 is 15.3 Å². The number of hydrogen-bond acceptors (Lipinski definition) is 3. The average molecular weight is 266 g/mol. The van der Waals surface area contributed by atoms with Crippen LogP contribution >= 0.6 is 0 Å². The van der Waals surface area contributed by atoms with Gasteiger partial charge in [-0.3, -0.25) is 0 Å². The molecule has 0 aliphatic carbocycles. The first-order chi connectivity index (χ1) is 9.06. The van der Waals surface area contributed by atoms with Crippen LogP contribution in [0, 0.1) is 11.7 Å². The van der Waals surface area contributed by atoms with E-state index in [2.05, 4.69) is 17.3 Å². The molecule has 2 rings (SSSR count). The van der Waals surface area contributed by atoms with Gasteiger partial charge in [-0.1, -0.05) is 0 Å². The highest BCUT2D eigenvalue weighted by Gasteiger charge is 2.17. The molecule has 19 heavy (non-hydrogen) atoms. The van der Waals surface area contributed by atoms with E-state index in [4.69, 9.17) is 5.11 Å². The minimum Gasteiger partial charge on any atom is -0.478 e. The molecule has 0 aromatic heterocycles. The van der Waals surface area contributed by atoms with Crippen molar-refractivity contribution in [1.29, 1.82) is 0 Å². The van der Waals surface area contributed by atoms with Crippen LogP contribution in [0.1, 0.15) is 23.2 Å². The molecule has 0 saturated carbocycles. The van der Waals surface area contributed by atoms with Gasteiger partial charge in [-0.25, -0.2) is 9.18 Å². The maximum Gasteiger partial charge on any atom is 0.335 e. The maximum atomic E-state index is 13.7. The SMILES string of the molecule is CN1CCC(CNc2ccc(C(=O)O)cc2F)CC1. The molecule has 4 nitrogen and oxygen atoms in total. The summed E-state index contributed by atoms with van der Waals surface area (Å²) in [4.78, 5) is 13.0. The van der Waals surface area contributed by atoms with Crippen molar-refractivity contribution in [2.24, 2.45) is 5.92 Å². The minimum atomic E-state index is -1.11. The summed E-state index contributed by atoms with van der Waals surface area (Å²) in [6.45, 7) is 2.89. The molecule has 0 bridgehead atoms. The lowest BCUT2D eigenvalue weighted by Crippen LogP contribution is -2.33. The number of benzene rings is 1. The molecular formula is C14H19FN2O2. The molecule has 1 saturated heterocycles. The number of hydrogen-bond donors (Lipinski definition) is 2. The lowest BCUT2D eigenvalue weighted by Gasteiger charge is -2.29. The van der Waals surface area contributed by atoms with Crippen molar-refractivity contribution in [3.63, 3.8) is 0 Å². The first-order valence-corrected chi connectivity index (χ1v) is 6.51. The Morgan fingerprint density at radius 2 is 2.16 bits per heavy atom. The zero-order chi connectivity index (χ0) is 13.8. The largest absolute Gasteiger partial charge is 0.478 e. The molecule has 1 aliphatic heterocycles. The summed E-state index contributed by atoms with van der Waals surface area (Å²) in [5.41, 5.74) is 0.353. The van der Waals surface area contributed by atoms with E-state index in [1.54, 1.807) is 0 Å². The zero-order valence-corrected chi connectivity index (χ0v) is 11.0. The molecule has 0 spiro atoms. The van der Waals surface area contributed by atoms with Crippen LogP contribution in [0.3, 0.4) is 0 Å². The third-order valence-corrected chi connectivity index (χ3v) is 3.64. The van der Waals surface area contributed by atoms with Crippen LogP contribution in [-0.4, -0.2) is 42.7 Å². The van der Waals surface area contributed by atoms with Crippen LogP contribution in [0.2, 0.25) is 0 Å². The molecule has 2 N–H and O–H groups in total. The third kappa shape index (κ3) is 3.67. The second-order valence-corrected chi connectivity index (χ2v) is 5.13. The Balaban J connectivity index is 1.91. The van der Waals surface area contributed by atoms with Gasteiger partial charge in [0.2, 0.25) is 0 Å². The number of carbonyl (C=O) groups is 1. The van der Waals surface area contributed by atoms with Crippen molar-refractivity contribution in [2.75, 3.05) is 32.0 Å². The molecule has 0 amide bonds. The quantitative estimate of drug-likeness (QED) is 0.878. The lowest BCUT2D eigenvalue weighted by atomic mass is 9.97. The topological polar surface area (TPSA) is 52.6 Å². The zero-order valence-electron chi connectivity index (χ0n) is 11.0. The maximum absolute atomic E-state index is 13.7. The van der Waals surface area contributed by atoms with Crippen LogP contribution in [0.4, 0.5) is 10.1 Å². The molecular weight excluding hydrogens is 247 g/mol. The minimum absolute atomic E-state index is 0.0256. The highest BCUT2D eigenvalue weighted by Crippen LogP contribution is 2.20. The van der Waals surface area contributed by atoms with Gasteiger partial charge in [0.25, 0.3) is 0 Å². The van der Waals surface area contributed by atoms with Gasteiger partial charge in [0, 0.05) is 6.54 Å². The fourth-order valence-electron chi connectivity index (χ4n) is 2.31. The number of halogens is 1. The van der Waals surface area contributed by atoms with Crippen LogP contribution in [-0.2, 0) is 0 Å². The smallest absolute Gasteiger partial charge is 0.335 e. The number of carboxylic acids is 1. The Bertz CT molecular complexity index is 457. The predicted octanol–water partition coefficient (Wildman–Crippen LogP) is 2.28. The Morgan fingerprint density at radius 1 is 1.47 bits per heavy atom. The molecule has 0 radical (unpaired) electrons. The number of likely N-dealkylation sites (tertiary alicyclic amines) is 1. The summed E-state index contributed by atoms with van der Waals surface area (Å²) in [7, 11) is 2.11. The van der Waals surface area contributed by atoms with Crippen LogP contribution in [0.15, 0.2) is 18.2 Å². The van der Waals surface area contributed by atoms with E-state index in [9.17, 15) is 9.18 Å². The first-order valence-electron chi connectivity index (χ1n) is 6.51. The van der Waals surface area contributed by atoms with Crippen LogP contribution in [0.5, 0.6) is 0 Å². The third-order valence-electron chi connectivity index (χ3n) is 3.64. The van der Waals surface area contributed by atoms with E-state index in [-0.39, 0.29) is 5.56 Å². The van der Waals surface area contributed by atoms with Gasteiger partial charge in [-0.05, 0) is 57.1 Å². The van der Waals surface area contributed by atoms with Crippen molar-refractivity contribution in [3.8, 4) is 0 Å². The van der Waals surface area contributed by atoms with E-state index < -0.39 is 11.8 Å². The summed E-state index contributed by atoms with van der Waals surface area (Å²) in [6, 6.07) is 3.97. The van der Waals surface area contributed by atoms with Gasteiger partial charge in [0.15, 0.2) is 0 Å². The monoisotopic (exact) mass is 266 g/mol. The van der Waals surface area contributed by atoms with Gasteiger partial charge >= 0.3 is 5.97 Å². The van der Waals surface area contributed by atoms with E-state index in [1.165, 1.54) is 12.1 Å². The second kappa shape index (κ2) is 6.02. The normalized spacial score (nSPS) is 17.4. The van der Waals surface area contributed by atoms with Gasteiger partial charge in [-0.2, -0.15) is 0 Å². The van der Waals surface area contributed by atoms with Gasteiger partial charge in [0.05, 0.1) is 11.3 Å². The van der Waals surface area contributed by atoms with Crippen LogP contribution in [0.25, 0.3) is 0 Å². The molecule has 1 heterocycles. The highest BCUT2D eigenvalue weighted by atomic mass is 19.1. The Hall–Kier alpha value is -1.62. The van der Waals surface area contributed by atoms with Crippen molar-refractivity contribution < 1.29 is 14.3 Å². The van der Waals surface area contributed by atoms with Crippen molar-refractivity contribution >= 4 is 11.7 Å². The fraction of sp³-hybridized carbons (Fsp3) is 0.500. The van der Waals surface area contributed by atoms with Gasteiger partial charge in [-0.15, -0.1) is 0 Å². The van der Waals surface area contributed by atoms with E-state index in [1.807, 2.05) is 0 Å². The lowest BCUT2D eigenvalue weighted by molar-refractivity contribution is 0.0696. The Morgan fingerprint density at radius 3 is 2.74 bits per heavy atom. The van der Waals surface area contributed by atoms with Gasteiger partial charge in [0.1, 0.15) is 5.82 Å².